The molecule has 3 heteroatoms. The van der Waals surface area contributed by atoms with Crippen LogP contribution in [0.5, 0.6) is 0 Å². The SMILES string of the molecule is CNCC(C)CC1CCOC2(CCOCC2)C1. The third-order valence-electron chi connectivity index (χ3n) is 4.29. The Hall–Kier alpha value is -0.120. The molecule has 100 valence electrons. The zero-order valence-electron chi connectivity index (χ0n) is 11.3. The van der Waals surface area contributed by atoms with Crippen LogP contribution < -0.4 is 5.32 Å². The van der Waals surface area contributed by atoms with Crippen molar-refractivity contribution >= 4 is 0 Å². The highest BCUT2D eigenvalue weighted by Crippen LogP contribution is 2.39. The van der Waals surface area contributed by atoms with Gasteiger partial charge in [0.15, 0.2) is 0 Å². The average molecular weight is 241 g/mol. The van der Waals surface area contributed by atoms with Gasteiger partial charge in [-0.1, -0.05) is 6.92 Å². The standard InChI is InChI=1S/C14H27NO2/c1-12(11-15-2)9-13-3-6-17-14(10-13)4-7-16-8-5-14/h12-13,15H,3-11H2,1-2H3. The van der Waals surface area contributed by atoms with E-state index in [1.54, 1.807) is 0 Å². The minimum absolute atomic E-state index is 0.167. The van der Waals surface area contributed by atoms with Crippen molar-refractivity contribution in [1.82, 2.24) is 5.32 Å². The first-order chi connectivity index (χ1) is 8.24. The Labute approximate surface area is 105 Å². The fraction of sp³-hybridized carbons (Fsp3) is 1.00. The highest BCUT2D eigenvalue weighted by atomic mass is 16.5. The number of nitrogens with one attached hydrogen (secondary N) is 1. The molecule has 1 spiro atoms. The maximum Gasteiger partial charge on any atom is 0.0729 e. The lowest BCUT2D eigenvalue weighted by Crippen LogP contribution is -2.44. The molecule has 0 bridgehead atoms. The summed E-state index contributed by atoms with van der Waals surface area (Å²) in [6.45, 7) is 6.21. The van der Waals surface area contributed by atoms with Gasteiger partial charge in [0.1, 0.15) is 0 Å². The van der Waals surface area contributed by atoms with Gasteiger partial charge in [-0.25, -0.2) is 0 Å². The van der Waals surface area contributed by atoms with Gasteiger partial charge >= 0.3 is 0 Å². The van der Waals surface area contributed by atoms with Crippen molar-refractivity contribution in [2.75, 3.05) is 33.4 Å². The van der Waals surface area contributed by atoms with Crippen molar-refractivity contribution < 1.29 is 9.47 Å². The third-order valence-corrected chi connectivity index (χ3v) is 4.29. The molecule has 0 aromatic carbocycles. The molecule has 2 unspecified atom stereocenters. The van der Waals surface area contributed by atoms with E-state index in [-0.39, 0.29) is 5.60 Å². The fourth-order valence-corrected chi connectivity index (χ4v) is 3.42. The molecular formula is C14H27NO2. The summed E-state index contributed by atoms with van der Waals surface area (Å²) >= 11 is 0. The van der Waals surface area contributed by atoms with Gasteiger partial charge in [0.25, 0.3) is 0 Å². The quantitative estimate of drug-likeness (QED) is 0.818. The second kappa shape index (κ2) is 6.17. The van der Waals surface area contributed by atoms with Crippen LogP contribution in [0.25, 0.3) is 0 Å². The highest BCUT2D eigenvalue weighted by Gasteiger charge is 2.39. The average Bonchev–Trinajstić information content (AvgIpc) is 2.30. The van der Waals surface area contributed by atoms with Gasteiger partial charge in [0.2, 0.25) is 0 Å². The summed E-state index contributed by atoms with van der Waals surface area (Å²) in [5.41, 5.74) is 0.167. The van der Waals surface area contributed by atoms with Gasteiger partial charge in [-0.2, -0.15) is 0 Å². The highest BCUT2D eigenvalue weighted by molar-refractivity contribution is 4.89. The second-order valence-corrected chi connectivity index (χ2v) is 5.90. The Balaban J connectivity index is 1.83. The maximum atomic E-state index is 6.08. The van der Waals surface area contributed by atoms with Gasteiger partial charge in [-0.3, -0.25) is 0 Å². The zero-order chi connectivity index (χ0) is 12.1. The zero-order valence-corrected chi connectivity index (χ0v) is 11.3. The van der Waals surface area contributed by atoms with Crippen molar-refractivity contribution in [3.63, 3.8) is 0 Å². The van der Waals surface area contributed by atoms with Gasteiger partial charge in [0.05, 0.1) is 5.60 Å². The Morgan fingerprint density at radius 1 is 1.29 bits per heavy atom. The van der Waals surface area contributed by atoms with Crippen LogP contribution in [0.2, 0.25) is 0 Å². The molecule has 2 aliphatic heterocycles. The molecule has 2 saturated heterocycles. The summed E-state index contributed by atoms with van der Waals surface area (Å²) in [6.07, 6.45) is 6.04. The van der Waals surface area contributed by atoms with Crippen LogP contribution in [0.1, 0.15) is 39.0 Å². The van der Waals surface area contributed by atoms with E-state index in [2.05, 4.69) is 12.2 Å². The fourth-order valence-electron chi connectivity index (χ4n) is 3.42. The topological polar surface area (TPSA) is 30.5 Å². The number of hydrogen-bond acceptors (Lipinski definition) is 3. The summed E-state index contributed by atoms with van der Waals surface area (Å²) in [6, 6.07) is 0. The Kier molecular flexibility index (Phi) is 4.83. The van der Waals surface area contributed by atoms with Crippen molar-refractivity contribution in [2.45, 2.75) is 44.6 Å². The van der Waals surface area contributed by atoms with Crippen molar-refractivity contribution in [1.29, 1.82) is 0 Å². The van der Waals surface area contributed by atoms with E-state index in [1.807, 2.05) is 7.05 Å². The van der Waals surface area contributed by atoms with Crippen LogP contribution in [0, 0.1) is 11.8 Å². The number of rotatable bonds is 4. The molecule has 0 aromatic heterocycles. The normalized spacial score (nSPS) is 30.4. The molecule has 2 heterocycles. The monoisotopic (exact) mass is 241 g/mol. The molecule has 1 N–H and O–H groups in total. The van der Waals surface area contributed by atoms with E-state index >= 15 is 0 Å². The lowest BCUT2D eigenvalue weighted by molar-refractivity contribution is -0.148. The molecule has 17 heavy (non-hydrogen) atoms. The molecule has 0 aliphatic carbocycles. The van der Waals surface area contributed by atoms with Crippen LogP contribution in [0.15, 0.2) is 0 Å². The minimum atomic E-state index is 0.167. The third kappa shape index (κ3) is 3.67. The predicted octanol–water partition coefficient (Wildman–Crippen LogP) is 2.21. The largest absolute Gasteiger partial charge is 0.381 e. The molecule has 2 fully saturated rings. The summed E-state index contributed by atoms with van der Waals surface area (Å²) in [5.74, 6) is 1.63. The number of ether oxygens (including phenoxy) is 2. The van der Waals surface area contributed by atoms with Crippen LogP contribution in [0.3, 0.4) is 0 Å². The Bertz CT molecular complexity index is 221. The van der Waals surface area contributed by atoms with Gasteiger partial charge in [-0.15, -0.1) is 0 Å². The van der Waals surface area contributed by atoms with E-state index in [1.165, 1.54) is 19.3 Å². The smallest absolute Gasteiger partial charge is 0.0729 e. The molecule has 0 amide bonds. The second-order valence-electron chi connectivity index (χ2n) is 5.90. The lowest BCUT2D eigenvalue weighted by atomic mass is 9.77. The van der Waals surface area contributed by atoms with Crippen molar-refractivity contribution in [2.24, 2.45) is 11.8 Å². The molecule has 0 saturated carbocycles. The molecule has 0 radical (unpaired) electrons. The van der Waals surface area contributed by atoms with Gasteiger partial charge in [0, 0.05) is 19.8 Å². The Morgan fingerprint density at radius 2 is 2.06 bits per heavy atom. The summed E-state index contributed by atoms with van der Waals surface area (Å²) < 4.78 is 11.5. The van der Waals surface area contributed by atoms with E-state index < -0.39 is 0 Å². The number of hydrogen-bond donors (Lipinski definition) is 1. The summed E-state index contributed by atoms with van der Waals surface area (Å²) in [7, 11) is 2.04. The first kappa shape index (κ1) is 13.3. The molecule has 2 rings (SSSR count). The first-order valence-corrected chi connectivity index (χ1v) is 7.10. The van der Waals surface area contributed by atoms with Gasteiger partial charge in [-0.05, 0) is 57.5 Å². The van der Waals surface area contributed by atoms with E-state index in [4.69, 9.17) is 9.47 Å². The molecule has 0 aromatic rings. The van der Waals surface area contributed by atoms with Gasteiger partial charge < -0.3 is 14.8 Å². The van der Waals surface area contributed by atoms with Crippen LogP contribution >= 0.6 is 0 Å². The molecular weight excluding hydrogens is 214 g/mol. The van der Waals surface area contributed by atoms with Crippen LogP contribution in [0.4, 0.5) is 0 Å². The van der Waals surface area contributed by atoms with Crippen LogP contribution in [-0.4, -0.2) is 39.0 Å². The minimum Gasteiger partial charge on any atom is -0.381 e. The van der Waals surface area contributed by atoms with Crippen molar-refractivity contribution in [3.8, 4) is 0 Å². The first-order valence-electron chi connectivity index (χ1n) is 7.10. The van der Waals surface area contributed by atoms with Crippen molar-refractivity contribution in [3.05, 3.63) is 0 Å². The maximum absolute atomic E-state index is 6.08. The summed E-state index contributed by atoms with van der Waals surface area (Å²) in [5, 5.41) is 3.28. The predicted molar refractivity (Wildman–Crippen MR) is 69.2 cm³/mol. The van der Waals surface area contributed by atoms with Crippen LogP contribution in [-0.2, 0) is 9.47 Å². The molecule has 2 aliphatic rings. The van der Waals surface area contributed by atoms with E-state index in [9.17, 15) is 0 Å². The molecule has 2 atom stereocenters. The van der Waals surface area contributed by atoms with E-state index in [0.29, 0.717) is 0 Å². The lowest BCUT2D eigenvalue weighted by Gasteiger charge is -2.43. The van der Waals surface area contributed by atoms with E-state index in [0.717, 1.165) is 51.0 Å². The summed E-state index contributed by atoms with van der Waals surface area (Å²) in [4.78, 5) is 0. The molecule has 3 nitrogen and oxygen atoms in total. The Morgan fingerprint density at radius 3 is 2.76 bits per heavy atom.